The molecule has 142 valence electrons. The van der Waals surface area contributed by atoms with Crippen molar-refractivity contribution in [1.82, 2.24) is 0 Å². The number of nitrogens with one attached hydrogen (secondary N) is 1. The van der Waals surface area contributed by atoms with Crippen LogP contribution in [0.2, 0.25) is 5.02 Å². The highest BCUT2D eigenvalue weighted by Crippen LogP contribution is 2.24. The second kappa shape index (κ2) is 9.15. The molecule has 0 bridgehead atoms. The van der Waals surface area contributed by atoms with E-state index in [0.29, 0.717) is 10.7 Å². The largest absolute Gasteiger partial charge is 0.452 e. The number of anilines is 2. The van der Waals surface area contributed by atoms with Crippen molar-refractivity contribution in [1.29, 1.82) is 0 Å². The highest BCUT2D eigenvalue weighted by Gasteiger charge is 2.15. The molecule has 1 fully saturated rings. The second-order valence-electron chi connectivity index (χ2n) is 6.21. The lowest BCUT2D eigenvalue weighted by Gasteiger charge is -2.17. The summed E-state index contributed by atoms with van der Waals surface area (Å²) in [6.45, 7) is 1.77. The molecule has 5 nitrogen and oxygen atoms in total. The maximum Gasteiger partial charge on any atom is 0.340 e. The molecule has 1 saturated heterocycles. The number of thioether (sulfide) groups is 1. The number of esters is 1. The first kappa shape index (κ1) is 19.6. The van der Waals surface area contributed by atoms with Gasteiger partial charge in [-0.2, -0.15) is 0 Å². The molecule has 2 aromatic rings. The van der Waals surface area contributed by atoms with Gasteiger partial charge >= 0.3 is 5.97 Å². The van der Waals surface area contributed by atoms with E-state index in [0.717, 1.165) is 23.7 Å². The third-order valence-electron chi connectivity index (χ3n) is 4.35. The van der Waals surface area contributed by atoms with Gasteiger partial charge in [0.05, 0.1) is 10.6 Å². The molecule has 1 amide bonds. The van der Waals surface area contributed by atoms with Crippen molar-refractivity contribution < 1.29 is 14.3 Å². The molecule has 0 aromatic heterocycles. The summed E-state index contributed by atoms with van der Waals surface area (Å²) in [5.41, 5.74) is 2.08. The highest BCUT2D eigenvalue weighted by atomic mass is 35.5. The molecule has 0 saturated carbocycles. The lowest BCUT2D eigenvalue weighted by molar-refractivity contribution is -0.119. The van der Waals surface area contributed by atoms with Gasteiger partial charge in [0.1, 0.15) is 0 Å². The van der Waals surface area contributed by atoms with E-state index >= 15 is 0 Å². The summed E-state index contributed by atoms with van der Waals surface area (Å²) in [6.07, 6.45) is 4.34. The first-order chi connectivity index (χ1) is 13.1. The first-order valence-corrected chi connectivity index (χ1v) is 10.3. The molecule has 1 heterocycles. The summed E-state index contributed by atoms with van der Waals surface area (Å²) < 4.78 is 5.09. The standard InChI is InChI=1S/C20H21ClN2O3S/c1-27-16-8-9-18(21)17(12-16)20(25)26-13-19(24)22-14-4-6-15(7-5-14)23-10-2-3-11-23/h4-9,12H,2-3,10-11,13H2,1H3,(H,22,24). The van der Waals surface area contributed by atoms with Crippen molar-refractivity contribution >= 4 is 46.6 Å². The molecule has 1 aliphatic heterocycles. The van der Waals surface area contributed by atoms with Gasteiger partial charge < -0.3 is 15.0 Å². The van der Waals surface area contributed by atoms with Crippen LogP contribution in [0.3, 0.4) is 0 Å². The maximum atomic E-state index is 12.2. The van der Waals surface area contributed by atoms with Crippen molar-refractivity contribution in [3.05, 3.63) is 53.1 Å². The molecule has 3 rings (SSSR count). The van der Waals surface area contributed by atoms with Crippen LogP contribution in [-0.4, -0.2) is 37.8 Å². The minimum Gasteiger partial charge on any atom is -0.452 e. The number of rotatable bonds is 6. The number of amides is 1. The van der Waals surface area contributed by atoms with Crippen molar-refractivity contribution in [3.63, 3.8) is 0 Å². The maximum absolute atomic E-state index is 12.2. The molecule has 27 heavy (non-hydrogen) atoms. The van der Waals surface area contributed by atoms with Gasteiger partial charge in [0.15, 0.2) is 6.61 Å². The summed E-state index contributed by atoms with van der Waals surface area (Å²) in [6, 6.07) is 12.8. The van der Waals surface area contributed by atoms with Gasteiger partial charge in [-0.1, -0.05) is 11.6 Å². The van der Waals surface area contributed by atoms with Crippen molar-refractivity contribution in [3.8, 4) is 0 Å². The summed E-state index contributed by atoms with van der Waals surface area (Å²) in [5, 5.41) is 3.03. The van der Waals surface area contributed by atoms with Crippen LogP contribution in [0, 0.1) is 0 Å². The molecule has 7 heteroatoms. The van der Waals surface area contributed by atoms with Gasteiger partial charge in [-0.25, -0.2) is 4.79 Å². The molecule has 1 aliphatic rings. The van der Waals surface area contributed by atoms with Gasteiger partial charge in [-0.05, 0) is 61.6 Å². The van der Waals surface area contributed by atoms with E-state index in [1.807, 2.05) is 36.6 Å². The minimum atomic E-state index is -0.615. The summed E-state index contributed by atoms with van der Waals surface area (Å²) >= 11 is 7.54. The highest BCUT2D eigenvalue weighted by molar-refractivity contribution is 7.98. The van der Waals surface area contributed by atoms with Crippen molar-refractivity contribution in [2.75, 3.05) is 36.2 Å². The average molecular weight is 405 g/mol. The van der Waals surface area contributed by atoms with Crippen molar-refractivity contribution in [2.24, 2.45) is 0 Å². The lowest BCUT2D eigenvalue weighted by Crippen LogP contribution is -2.21. The number of carbonyl (C=O) groups excluding carboxylic acids is 2. The Morgan fingerprint density at radius 3 is 2.52 bits per heavy atom. The minimum absolute atomic E-state index is 0.256. The van der Waals surface area contributed by atoms with Crippen LogP contribution in [0.5, 0.6) is 0 Å². The number of halogens is 1. The molecule has 0 radical (unpaired) electrons. The Labute approximate surface area is 168 Å². The van der Waals surface area contributed by atoms with E-state index in [1.54, 1.807) is 12.1 Å². The number of hydrogen-bond acceptors (Lipinski definition) is 5. The quantitative estimate of drug-likeness (QED) is 0.569. The van der Waals surface area contributed by atoms with Gasteiger partial charge in [0, 0.05) is 29.4 Å². The molecule has 1 N–H and O–H groups in total. The van der Waals surface area contributed by atoms with Crippen LogP contribution in [0.15, 0.2) is 47.4 Å². The van der Waals surface area contributed by atoms with E-state index in [1.165, 1.54) is 24.6 Å². The van der Waals surface area contributed by atoms with Gasteiger partial charge in [0.25, 0.3) is 5.91 Å². The monoisotopic (exact) mass is 404 g/mol. The Morgan fingerprint density at radius 1 is 1.15 bits per heavy atom. The van der Waals surface area contributed by atoms with E-state index in [9.17, 15) is 9.59 Å². The zero-order valence-corrected chi connectivity index (χ0v) is 16.6. The molecule has 2 aromatic carbocycles. The van der Waals surface area contributed by atoms with E-state index < -0.39 is 11.9 Å². The number of carbonyl (C=O) groups is 2. The molecule has 0 unspecified atom stereocenters. The predicted octanol–water partition coefficient (Wildman–Crippen LogP) is 4.46. The Bertz CT molecular complexity index is 820. The van der Waals surface area contributed by atoms with Crippen LogP contribution in [-0.2, 0) is 9.53 Å². The first-order valence-electron chi connectivity index (χ1n) is 8.72. The second-order valence-corrected chi connectivity index (χ2v) is 7.50. The molecular formula is C20H21ClN2O3S. The van der Waals surface area contributed by atoms with E-state index in [4.69, 9.17) is 16.3 Å². The number of benzene rings is 2. The van der Waals surface area contributed by atoms with Crippen LogP contribution in [0.4, 0.5) is 11.4 Å². The summed E-state index contributed by atoms with van der Waals surface area (Å²) in [5.74, 6) is -1.01. The predicted molar refractivity (Wildman–Crippen MR) is 110 cm³/mol. The van der Waals surface area contributed by atoms with E-state index in [2.05, 4.69) is 10.2 Å². The Kier molecular flexibility index (Phi) is 6.63. The number of nitrogens with zero attached hydrogens (tertiary/aromatic N) is 1. The fraction of sp³-hybridized carbons (Fsp3) is 0.300. The van der Waals surface area contributed by atoms with Crippen molar-refractivity contribution in [2.45, 2.75) is 17.7 Å². The molecule has 0 spiro atoms. The normalized spacial score (nSPS) is 13.5. The Balaban J connectivity index is 1.52. The molecule has 0 atom stereocenters. The van der Waals surface area contributed by atoms with Gasteiger partial charge in [-0.3, -0.25) is 4.79 Å². The fourth-order valence-electron chi connectivity index (χ4n) is 2.92. The summed E-state index contributed by atoms with van der Waals surface area (Å²) in [4.78, 5) is 27.5. The van der Waals surface area contributed by atoms with Crippen LogP contribution < -0.4 is 10.2 Å². The Hall–Kier alpha value is -2.18. The van der Waals surface area contributed by atoms with Gasteiger partial charge in [0.2, 0.25) is 0 Å². The zero-order chi connectivity index (χ0) is 19.2. The van der Waals surface area contributed by atoms with Crippen LogP contribution >= 0.6 is 23.4 Å². The third kappa shape index (κ3) is 5.17. The number of hydrogen-bond donors (Lipinski definition) is 1. The molecular weight excluding hydrogens is 384 g/mol. The molecule has 0 aliphatic carbocycles. The lowest BCUT2D eigenvalue weighted by atomic mass is 10.2. The third-order valence-corrected chi connectivity index (χ3v) is 5.40. The van der Waals surface area contributed by atoms with Crippen LogP contribution in [0.1, 0.15) is 23.2 Å². The SMILES string of the molecule is CSc1ccc(Cl)c(C(=O)OCC(=O)Nc2ccc(N3CCCC3)cc2)c1. The smallest absolute Gasteiger partial charge is 0.340 e. The Morgan fingerprint density at radius 2 is 1.85 bits per heavy atom. The summed E-state index contributed by atoms with van der Waals surface area (Å²) in [7, 11) is 0. The topological polar surface area (TPSA) is 58.6 Å². The fourth-order valence-corrected chi connectivity index (χ4v) is 3.56. The van der Waals surface area contributed by atoms with E-state index in [-0.39, 0.29) is 12.2 Å². The average Bonchev–Trinajstić information content (AvgIpc) is 3.22. The zero-order valence-electron chi connectivity index (χ0n) is 15.0. The van der Waals surface area contributed by atoms with Crippen LogP contribution in [0.25, 0.3) is 0 Å². The number of ether oxygens (including phenoxy) is 1. The van der Waals surface area contributed by atoms with Gasteiger partial charge in [-0.15, -0.1) is 11.8 Å².